The summed E-state index contributed by atoms with van der Waals surface area (Å²) in [6, 6.07) is 20.1. The number of para-hydroxylation sites is 1. The van der Waals surface area contributed by atoms with Crippen molar-refractivity contribution in [1.29, 1.82) is 0 Å². The number of amides is 1. The zero-order valence-corrected chi connectivity index (χ0v) is 15.1. The number of hydrazone groups is 1. The number of nitrogens with one attached hydrogen (secondary N) is 1. The number of aryl methyl sites for hydroxylation is 1. The molecule has 0 atom stereocenters. The molecule has 0 bridgehead atoms. The van der Waals surface area contributed by atoms with E-state index in [0.717, 1.165) is 5.56 Å². The van der Waals surface area contributed by atoms with Gasteiger partial charge in [-0.1, -0.05) is 30.3 Å². The molecule has 0 aliphatic carbocycles. The second-order valence-corrected chi connectivity index (χ2v) is 5.99. The first-order valence-electron chi connectivity index (χ1n) is 8.54. The summed E-state index contributed by atoms with van der Waals surface area (Å²) in [5.41, 5.74) is 4.55. The lowest BCUT2D eigenvalue weighted by molar-refractivity contribution is 0.0733. The zero-order valence-electron chi connectivity index (χ0n) is 15.1. The molecule has 2 N–H and O–H groups in total. The van der Waals surface area contributed by atoms with Crippen LogP contribution >= 0.6 is 0 Å². The van der Waals surface area contributed by atoms with Crippen molar-refractivity contribution in [3.8, 4) is 11.5 Å². The van der Waals surface area contributed by atoms with E-state index in [1.165, 1.54) is 18.3 Å². The Morgan fingerprint density at radius 3 is 2.25 bits per heavy atom. The van der Waals surface area contributed by atoms with Gasteiger partial charge in [0.1, 0.15) is 11.5 Å². The molecule has 0 aliphatic rings. The van der Waals surface area contributed by atoms with E-state index in [1.54, 1.807) is 48.5 Å². The second kappa shape index (κ2) is 8.64. The summed E-state index contributed by atoms with van der Waals surface area (Å²) in [5, 5.41) is 13.5. The number of phenolic OH excluding ortho intramolecular Hbond substituents is 1. The van der Waals surface area contributed by atoms with E-state index in [2.05, 4.69) is 10.5 Å². The molecule has 0 radical (unpaired) electrons. The molecule has 0 unspecified atom stereocenters. The standard InChI is InChI=1S/C22H18N2O4/c1-15-6-2-3-7-18(15)22(27)28-17-12-10-16(11-13-17)14-23-24-21(26)19-8-4-5-9-20(19)25/h2-14,25H,1H3,(H,24,26)/b23-14-. The maximum Gasteiger partial charge on any atom is 0.343 e. The quantitative estimate of drug-likeness (QED) is 0.309. The topological polar surface area (TPSA) is 88.0 Å². The van der Waals surface area contributed by atoms with Gasteiger partial charge in [0.25, 0.3) is 5.91 Å². The Bertz CT molecular complexity index is 1030. The highest BCUT2D eigenvalue weighted by molar-refractivity contribution is 5.97. The number of phenols is 1. The third kappa shape index (κ3) is 4.62. The van der Waals surface area contributed by atoms with E-state index < -0.39 is 11.9 Å². The number of aromatic hydroxyl groups is 1. The molecule has 3 aromatic carbocycles. The number of hydrogen-bond acceptors (Lipinski definition) is 5. The molecule has 140 valence electrons. The van der Waals surface area contributed by atoms with Gasteiger partial charge in [-0.25, -0.2) is 10.2 Å². The summed E-state index contributed by atoms with van der Waals surface area (Å²) in [6.07, 6.45) is 1.45. The van der Waals surface area contributed by atoms with Gasteiger partial charge in [0.05, 0.1) is 17.3 Å². The average Bonchev–Trinajstić information content (AvgIpc) is 2.70. The average molecular weight is 374 g/mol. The van der Waals surface area contributed by atoms with E-state index >= 15 is 0 Å². The fourth-order valence-corrected chi connectivity index (χ4v) is 2.48. The monoisotopic (exact) mass is 374 g/mol. The Labute approximate surface area is 162 Å². The molecular weight excluding hydrogens is 356 g/mol. The maximum atomic E-state index is 12.2. The van der Waals surface area contributed by atoms with Gasteiger partial charge in [-0.3, -0.25) is 4.79 Å². The van der Waals surface area contributed by atoms with Crippen LogP contribution < -0.4 is 10.2 Å². The summed E-state index contributed by atoms with van der Waals surface area (Å²) in [6.45, 7) is 1.85. The van der Waals surface area contributed by atoms with Gasteiger partial charge in [0.2, 0.25) is 0 Å². The van der Waals surface area contributed by atoms with Crippen LogP contribution in [-0.2, 0) is 0 Å². The summed E-state index contributed by atoms with van der Waals surface area (Å²) >= 11 is 0. The summed E-state index contributed by atoms with van der Waals surface area (Å²) in [7, 11) is 0. The van der Waals surface area contributed by atoms with Gasteiger partial charge < -0.3 is 9.84 Å². The van der Waals surface area contributed by atoms with Crippen LogP contribution in [0.1, 0.15) is 31.8 Å². The van der Waals surface area contributed by atoms with Crippen molar-refractivity contribution in [1.82, 2.24) is 5.43 Å². The van der Waals surface area contributed by atoms with Gasteiger partial charge >= 0.3 is 5.97 Å². The minimum absolute atomic E-state index is 0.116. The van der Waals surface area contributed by atoms with E-state index in [0.29, 0.717) is 16.9 Å². The molecule has 0 fully saturated rings. The summed E-state index contributed by atoms with van der Waals surface area (Å²) in [5.74, 6) is -0.647. The van der Waals surface area contributed by atoms with Crippen molar-refractivity contribution >= 4 is 18.1 Å². The Kier molecular flexibility index (Phi) is 5.81. The first-order chi connectivity index (χ1) is 13.5. The van der Waals surface area contributed by atoms with Crippen LogP contribution in [0.2, 0.25) is 0 Å². The highest BCUT2D eigenvalue weighted by Gasteiger charge is 2.11. The maximum absolute atomic E-state index is 12.2. The van der Waals surface area contributed by atoms with Crippen LogP contribution in [0.3, 0.4) is 0 Å². The number of rotatable bonds is 5. The number of carbonyl (C=O) groups excluding carboxylic acids is 2. The van der Waals surface area contributed by atoms with Crippen molar-refractivity contribution in [2.45, 2.75) is 6.92 Å². The zero-order chi connectivity index (χ0) is 19.9. The van der Waals surface area contributed by atoms with Crippen LogP contribution in [0, 0.1) is 6.92 Å². The largest absolute Gasteiger partial charge is 0.507 e. The third-order valence-electron chi connectivity index (χ3n) is 3.98. The van der Waals surface area contributed by atoms with Crippen molar-refractivity contribution < 1.29 is 19.4 Å². The van der Waals surface area contributed by atoms with Gasteiger partial charge in [-0.15, -0.1) is 0 Å². The summed E-state index contributed by atoms with van der Waals surface area (Å²) < 4.78 is 5.37. The van der Waals surface area contributed by atoms with Crippen LogP contribution in [0.25, 0.3) is 0 Å². The van der Waals surface area contributed by atoms with Crippen LogP contribution in [0.5, 0.6) is 11.5 Å². The van der Waals surface area contributed by atoms with Crippen LogP contribution in [0.4, 0.5) is 0 Å². The minimum atomic E-state index is -0.516. The van der Waals surface area contributed by atoms with Crippen molar-refractivity contribution in [2.75, 3.05) is 0 Å². The van der Waals surface area contributed by atoms with Gasteiger partial charge in [-0.05, 0) is 60.5 Å². The number of esters is 1. The molecule has 0 aromatic heterocycles. The van der Waals surface area contributed by atoms with Crippen molar-refractivity contribution in [3.63, 3.8) is 0 Å². The van der Waals surface area contributed by atoms with E-state index in [1.807, 2.05) is 19.1 Å². The second-order valence-electron chi connectivity index (χ2n) is 5.99. The van der Waals surface area contributed by atoms with Gasteiger partial charge in [0, 0.05) is 0 Å². The predicted molar refractivity (Wildman–Crippen MR) is 106 cm³/mol. The lowest BCUT2D eigenvalue weighted by Crippen LogP contribution is -2.17. The molecule has 28 heavy (non-hydrogen) atoms. The Hall–Kier alpha value is -3.93. The summed E-state index contributed by atoms with van der Waals surface area (Å²) in [4.78, 5) is 24.2. The van der Waals surface area contributed by atoms with Crippen molar-refractivity contribution in [2.24, 2.45) is 5.10 Å². The fourth-order valence-electron chi connectivity index (χ4n) is 2.48. The molecule has 0 saturated carbocycles. The smallest absolute Gasteiger partial charge is 0.343 e. The Balaban J connectivity index is 1.59. The minimum Gasteiger partial charge on any atom is -0.507 e. The molecule has 0 saturated heterocycles. The normalized spacial score (nSPS) is 10.6. The highest BCUT2D eigenvalue weighted by Crippen LogP contribution is 2.16. The molecule has 6 nitrogen and oxygen atoms in total. The number of hydrogen-bond donors (Lipinski definition) is 2. The van der Waals surface area contributed by atoms with E-state index in [-0.39, 0.29) is 11.3 Å². The molecule has 6 heteroatoms. The molecular formula is C22H18N2O4. The Morgan fingerprint density at radius 1 is 0.929 bits per heavy atom. The van der Waals surface area contributed by atoms with Crippen molar-refractivity contribution in [3.05, 3.63) is 95.1 Å². The van der Waals surface area contributed by atoms with Crippen LogP contribution in [0.15, 0.2) is 77.9 Å². The number of ether oxygens (including phenoxy) is 1. The molecule has 0 heterocycles. The molecule has 3 aromatic rings. The number of nitrogens with zero attached hydrogens (tertiary/aromatic N) is 1. The van der Waals surface area contributed by atoms with Gasteiger partial charge in [0.15, 0.2) is 0 Å². The SMILES string of the molecule is Cc1ccccc1C(=O)Oc1ccc(/C=N\NC(=O)c2ccccc2O)cc1. The highest BCUT2D eigenvalue weighted by atomic mass is 16.5. The Morgan fingerprint density at radius 2 is 1.57 bits per heavy atom. The third-order valence-corrected chi connectivity index (χ3v) is 3.98. The first kappa shape index (κ1) is 18.8. The van der Waals surface area contributed by atoms with E-state index in [9.17, 15) is 14.7 Å². The lowest BCUT2D eigenvalue weighted by atomic mass is 10.1. The van der Waals surface area contributed by atoms with Crippen LogP contribution in [-0.4, -0.2) is 23.2 Å². The molecule has 1 amide bonds. The van der Waals surface area contributed by atoms with Gasteiger partial charge in [-0.2, -0.15) is 5.10 Å². The lowest BCUT2D eigenvalue weighted by Gasteiger charge is -2.06. The molecule has 0 aliphatic heterocycles. The first-order valence-corrected chi connectivity index (χ1v) is 8.54. The fraction of sp³-hybridized carbons (Fsp3) is 0.0455. The molecule has 3 rings (SSSR count). The van der Waals surface area contributed by atoms with E-state index in [4.69, 9.17) is 4.74 Å². The predicted octanol–water partition coefficient (Wildman–Crippen LogP) is 3.68. The number of carbonyl (C=O) groups is 2. The number of benzene rings is 3. The molecule has 0 spiro atoms.